The molecule has 0 atom stereocenters. The Morgan fingerprint density at radius 2 is 2.05 bits per heavy atom. The van der Waals surface area contributed by atoms with Crippen LogP contribution in [0.5, 0.6) is 0 Å². The predicted molar refractivity (Wildman–Crippen MR) is 67.7 cm³/mol. The highest BCUT2D eigenvalue weighted by Crippen LogP contribution is 2.21. The van der Waals surface area contributed by atoms with Crippen molar-refractivity contribution >= 4 is 16.0 Å². The van der Waals surface area contributed by atoms with Gasteiger partial charge in [0.25, 0.3) is 0 Å². The van der Waals surface area contributed by atoms with E-state index >= 15 is 0 Å². The summed E-state index contributed by atoms with van der Waals surface area (Å²) in [5.74, 6) is -1.15. The molecular weight excluding hydrogens is 270 g/mol. The normalized spacial score (nSPS) is 17.8. The molecule has 0 aliphatic carbocycles. The smallest absolute Gasteiger partial charge is 0.335 e. The van der Waals surface area contributed by atoms with Gasteiger partial charge in [-0.25, -0.2) is 17.9 Å². The molecule has 0 amide bonds. The van der Waals surface area contributed by atoms with Gasteiger partial charge in [0, 0.05) is 0 Å². The first-order valence-corrected chi connectivity index (χ1v) is 7.17. The van der Waals surface area contributed by atoms with Crippen LogP contribution < -0.4 is 4.72 Å². The van der Waals surface area contributed by atoms with Crippen molar-refractivity contribution in [3.8, 4) is 0 Å². The fourth-order valence-corrected chi connectivity index (χ4v) is 3.25. The Bertz CT molecular complexity index is 619. The lowest BCUT2D eigenvalue weighted by Gasteiger charge is -2.38. The van der Waals surface area contributed by atoms with Crippen molar-refractivity contribution in [2.45, 2.75) is 24.3 Å². The Morgan fingerprint density at radius 3 is 2.53 bits per heavy atom. The van der Waals surface area contributed by atoms with E-state index in [2.05, 4.69) is 4.72 Å². The molecule has 0 unspecified atom stereocenters. The first-order valence-electron chi connectivity index (χ1n) is 5.69. The lowest BCUT2D eigenvalue weighted by Crippen LogP contribution is -2.59. The third-order valence-electron chi connectivity index (χ3n) is 2.97. The Hall–Kier alpha value is -1.44. The molecule has 2 N–H and O–H groups in total. The maximum Gasteiger partial charge on any atom is 0.335 e. The number of sulfonamides is 1. The zero-order valence-electron chi connectivity index (χ0n) is 10.6. The third kappa shape index (κ3) is 2.78. The van der Waals surface area contributed by atoms with Crippen LogP contribution in [-0.4, -0.2) is 38.2 Å². The van der Waals surface area contributed by atoms with Crippen LogP contribution in [0.1, 0.15) is 22.8 Å². The number of rotatable bonds is 4. The van der Waals surface area contributed by atoms with E-state index < -0.39 is 21.5 Å². The van der Waals surface area contributed by atoms with Crippen molar-refractivity contribution < 1.29 is 23.1 Å². The number of ether oxygens (including phenoxy) is 1. The zero-order chi connectivity index (χ0) is 14.3. The first-order chi connectivity index (χ1) is 8.73. The Kier molecular flexibility index (Phi) is 3.38. The van der Waals surface area contributed by atoms with Crippen molar-refractivity contribution in [3.63, 3.8) is 0 Å². The van der Waals surface area contributed by atoms with Crippen molar-refractivity contribution in [1.29, 1.82) is 0 Å². The van der Waals surface area contributed by atoms with Crippen molar-refractivity contribution in [1.82, 2.24) is 4.72 Å². The van der Waals surface area contributed by atoms with Gasteiger partial charge in [-0.3, -0.25) is 0 Å². The van der Waals surface area contributed by atoms with E-state index in [1.165, 1.54) is 18.2 Å². The van der Waals surface area contributed by atoms with Crippen LogP contribution in [0.4, 0.5) is 0 Å². The number of nitrogens with one attached hydrogen (secondary N) is 1. The molecule has 0 saturated carbocycles. The van der Waals surface area contributed by atoms with E-state index in [-0.39, 0.29) is 10.5 Å². The number of benzene rings is 1. The van der Waals surface area contributed by atoms with Gasteiger partial charge in [-0.1, -0.05) is 6.07 Å². The van der Waals surface area contributed by atoms with E-state index in [0.29, 0.717) is 18.8 Å². The second-order valence-electron chi connectivity index (χ2n) is 4.94. The van der Waals surface area contributed by atoms with E-state index in [1.807, 2.05) is 0 Å². The minimum atomic E-state index is -3.74. The molecule has 1 aliphatic heterocycles. The Labute approximate surface area is 111 Å². The van der Waals surface area contributed by atoms with E-state index in [1.54, 1.807) is 13.8 Å². The number of carbonyl (C=O) groups is 1. The van der Waals surface area contributed by atoms with Crippen molar-refractivity contribution in [2.75, 3.05) is 13.2 Å². The molecule has 1 aromatic rings. The number of carboxylic acid groups (broad SMARTS) is 1. The fraction of sp³-hybridized carbons (Fsp3) is 0.417. The van der Waals surface area contributed by atoms with Crippen LogP contribution in [0.3, 0.4) is 0 Å². The maximum atomic E-state index is 12.2. The lowest BCUT2D eigenvalue weighted by atomic mass is 10.0. The largest absolute Gasteiger partial charge is 0.478 e. The van der Waals surface area contributed by atoms with Crippen LogP contribution in [0, 0.1) is 6.92 Å². The van der Waals surface area contributed by atoms with E-state index in [0.717, 1.165) is 0 Å². The molecule has 104 valence electrons. The highest BCUT2D eigenvalue weighted by atomic mass is 32.2. The molecule has 1 aromatic carbocycles. The second-order valence-corrected chi connectivity index (χ2v) is 6.62. The van der Waals surface area contributed by atoms with Gasteiger partial charge in [0.2, 0.25) is 10.0 Å². The minimum Gasteiger partial charge on any atom is -0.478 e. The average molecular weight is 285 g/mol. The molecular formula is C12H15NO5S. The van der Waals surface area contributed by atoms with Gasteiger partial charge in [0.05, 0.1) is 29.2 Å². The molecule has 19 heavy (non-hydrogen) atoms. The maximum absolute atomic E-state index is 12.2. The zero-order valence-corrected chi connectivity index (χ0v) is 11.5. The number of hydrogen-bond acceptors (Lipinski definition) is 4. The average Bonchev–Trinajstić information content (AvgIpc) is 2.26. The quantitative estimate of drug-likeness (QED) is 0.852. The number of hydrogen-bond donors (Lipinski definition) is 2. The Balaban J connectivity index is 2.35. The highest BCUT2D eigenvalue weighted by Gasteiger charge is 2.37. The molecule has 0 aromatic heterocycles. The molecule has 1 aliphatic rings. The summed E-state index contributed by atoms with van der Waals surface area (Å²) < 4.78 is 31.8. The summed E-state index contributed by atoms with van der Waals surface area (Å²) in [5, 5.41) is 9.01. The summed E-state index contributed by atoms with van der Waals surface area (Å²) in [6.45, 7) is 3.97. The Morgan fingerprint density at radius 1 is 1.42 bits per heavy atom. The molecule has 7 heteroatoms. The third-order valence-corrected chi connectivity index (χ3v) is 4.61. The lowest BCUT2D eigenvalue weighted by molar-refractivity contribution is -0.0523. The monoisotopic (exact) mass is 285 g/mol. The summed E-state index contributed by atoms with van der Waals surface area (Å²) in [5.41, 5.74) is -0.116. The fourth-order valence-electron chi connectivity index (χ4n) is 1.85. The molecule has 1 heterocycles. The summed E-state index contributed by atoms with van der Waals surface area (Å²) in [6, 6.07) is 4.05. The molecule has 2 rings (SSSR count). The van der Waals surface area contributed by atoms with Gasteiger partial charge < -0.3 is 9.84 Å². The number of aryl methyl sites for hydroxylation is 1. The summed E-state index contributed by atoms with van der Waals surface area (Å²) >= 11 is 0. The topological polar surface area (TPSA) is 92.7 Å². The van der Waals surface area contributed by atoms with Gasteiger partial charge in [0.1, 0.15) is 0 Å². The van der Waals surface area contributed by atoms with E-state index in [9.17, 15) is 13.2 Å². The van der Waals surface area contributed by atoms with Gasteiger partial charge in [-0.15, -0.1) is 0 Å². The van der Waals surface area contributed by atoms with Gasteiger partial charge in [-0.2, -0.15) is 0 Å². The number of aromatic carboxylic acids is 1. The van der Waals surface area contributed by atoms with E-state index in [4.69, 9.17) is 9.84 Å². The molecule has 0 radical (unpaired) electrons. The molecule has 0 bridgehead atoms. The summed E-state index contributed by atoms with van der Waals surface area (Å²) in [4.78, 5) is 11.0. The standard InChI is InChI=1S/C12H15NO5S/c1-8-3-4-9(5-10(8)11(14)15)19(16,17)13-12(2)6-18-7-12/h3-5,13H,6-7H2,1-2H3,(H,14,15). The highest BCUT2D eigenvalue weighted by molar-refractivity contribution is 7.89. The van der Waals surface area contributed by atoms with Gasteiger partial charge in [-0.05, 0) is 31.5 Å². The van der Waals surface area contributed by atoms with Crippen LogP contribution in [0.2, 0.25) is 0 Å². The molecule has 0 spiro atoms. The van der Waals surface area contributed by atoms with Crippen LogP contribution in [0.15, 0.2) is 23.1 Å². The van der Waals surface area contributed by atoms with Gasteiger partial charge >= 0.3 is 5.97 Å². The van der Waals surface area contributed by atoms with Crippen molar-refractivity contribution in [3.05, 3.63) is 29.3 Å². The van der Waals surface area contributed by atoms with Gasteiger partial charge in [0.15, 0.2) is 0 Å². The molecule has 6 nitrogen and oxygen atoms in total. The first kappa shape index (κ1) is 14.0. The predicted octanol–water partition coefficient (Wildman–Crippen LogP) is 0.760. The summed E-state index contributed by atoms with van der Waals surface area (Å²) in [6.07, 6.45) is 0. The second kappa shape index (κ2) is 4.59. The van der Waals surface area contributed by atoms with Crippen LogP contribution in [0.25, 0.3) is 0 Å². The van der Waals surface area contributed by atoms with Crippen LogP contribution in [-0.2, 0) is 14.8 Å². The molecule has 1 saturated heterocycles. The van der Waals surface area contributed by atoms with Crippen molar-refractivity contribution in [2.24, 2.45) is 0 Å². The molecule has 1 fully saturated rings. The number of carboxylic acids is 1. The van der Waals surface area contributed by atoms with Crippen LogP contribution >= 0.6 is 0 Å². The minimum absolute atomic E-state index is 0.0158. The SMILES string of the molecule is Cc1ccc(S(=O)(=O)NC2(C)COC2)cc1C(=O)O. The summed E-state index contributed by atoms with van der Waals surface area (Å²) in [7, 11) is -3.74.